The molecule has 1 unspecified atom stereocenters. The molecule has 28 heavy (non-hydrogen) atoms. The SMILES string of the molecule is Cc1ccc([N+](=O)[O-])c(NC(=O)COC(=O)c2[nH]c(C)c(C(C)O)c2C)c1C. The van der Waals surface area contributed by atoms with Crippen molar-refractivity contribution in [2.45, 2.75) is 40.7 Å². The van der Waals surface area contributed by atoms with Gasteiger partial charge in [0.25, 0.3) is 11.6 Å². The fraction of sp³-hybridized carbons (Fsp3) is 0.368. The number of anilines is 1. The fourth-order valence-electron chi connectivity index (χ4n) is 3.09. The molecule has 9 nitrogen and oxygen atoms in total. The van der Waals surface area contributed by atoms with Crippen LogP contribution in [0.1, 0.15) is 51.5 Å². The molecular weight excluding hydrogens is 366 g/mol. The average molecular weight is 389 g/mol. The molecule has 1 atom stereocenters. The van der Waals surface area contributed by atoms with Crippen LogP contribution >= 0.6 is 0 Å². The van der Waals surface area contributed by atoms with Gasteiger partial charge in [0.2, 0.25) is 0 Å². The second-order valence-electron chi connectivity index (χ2n) is 6.62. The zero-order valence-corrected chi connectivity index (χ0v) is 16.4. The van der Waals surface area contributed by atoms with Gasteiger partial charge in [0.05, 0.1) is 11.0 Å². The van der Waals surface area contributed by atoms with Crippen molar-refractivity contribution >= 4 is 23.3 Å². The van der Waals surface area contributed by atoms with Gasteiger partial charge in [-0.05, 0) is 51.3 Å². The first-order chi connectivity index (χ1) is 13.0. The topological polar surface area (TPSA) is 135 Å². The minimum atomic E-state index is -0.758. The molecule has 1 aromatic carbocycles. The standard InChI is InChI=1S/C19H23N3O6/c1-9-6-7-14(22(26)27)17(10(9)2)21-15(24)8-28-19(25)18-11(3)16(13(5)23)12(4)20-18/h6-7,13,20,23H,8H2,1-5H3,(H,21,24). The number of rotatable bonds is 6. The van der Waals surface area contributed by atoms with Gasteiger partial charge in [-0.2, -0.15) is 0 Å². The van der Waals surface area contributed by atoms with Crippen LogP contribution in [0.25, 0.3) is 0 Å². The third-order valence-electron chi connectivity index (χ3n) is 4.63. The molecule has 0 fully saturated rings. The van der Waals surface area contributed by atoms with Gasteiger partial charge in [0.15, 0.2) is 6.61 Å². The molecule has 2 aromatic rings. The van der Waals surface area contributed by atoms with Crippen LogP contribution in [0.3, 0.4) is 0 Å². The Balaban J connectivity index is 2.12. The predicted octanol–water partition coefficient (Wildman–Crippen LogP) is 3.01. The van der Waals surface area contributed by atoms with E-state index in [1.165, 1.54) is 6.07 Å². The zero-order chi connectivity index (χ0) is 21.2. The van der Waals surface area contributed by atoms with Crippen molar-refractivity contribution < 1.29 is 24.4 Å². The molecule has 0 aliphatic carbocycles. The Morgan fingerprint density at radius 3 is 2.43 bits per heavy atom. The van der Waals surface area contributed by atoms with Crippen molar-refractivity contribution in [2.75, 3.05) is 11.9 Å². The molecule has 0 spiro atoms. The van der Waals surface area contributed by atoms with Gasteiger partial charge < -0.3 is 20.1 Å². The number of carbonyl (C=O) groups excluding carboxylic acids is 2. The van der Waals surface area contributed by atoms with Gasteiger partial charge >= 0.3 is 5.97 Å². The van der Waals surface area contributed by atoms with Crippen molar-refractivity contribution in [3.8, 4) is 0 Å². The number of nitro groups is 1. The summed E-state index contributed by atoms with van der Waals surface area (Å²) in [7, 11) is 0. The molecular formula is C19H23N3O6. The third kappa shape index (κ3) is 4.20. The monoisotopic (exact) mass is 389 g/mol. The van der Waals surface area contributed by atoms with Crippen molar-refractivity contribution in [2.24, 2.45) is 0 Å². The van der Waals surface area contributed by atoms with Gasteiger partial charge in [-0.1, -0.05) is 6.07 Å². The van der Waals surface area contributed by atoms with Crippen LogP contribution < -0.4 is 5.32 Å². The van der Waals surface area contributed by atoms with Crippen LogP contribution in [-0.2, 0) is 9.53 Å². The highest BCUT2D eigenvalue weighted by atomic mass is 16.6. The number of benzene rings is 1. The van der Waals surface area contributed by atoms with E-state index in [1.807, 2.05) is 0 Å². The van der Waals surface area contributed by atoms with Gasteiger partial charge in [0, 0.05) is 17.3 Å². The molecule has 2 rings (SSSR count). The van der Waals surface area contributed by atoms with Gasteiger partial charge in [0.1, 0.15) is 11.4 Å². The van der Waals surface area contributed by atoms with Crippen LogP contribution in [-0.4, -0.2) is 33.5 Å². The van der Waals surface area contributed by atoms with E-state index in [0.29, 0.717) is 22.4 Å². The number of carbonyl (C=O) groups is 2. The average Bonchev–Trinajstić information content (AvgIpc) is 2.91. The van der Waals surface area contributed by atoms with E-state index in [9.17, 15) is 24.8 Å². The molecule has 1 amide bonds. The summed E-state index contributed by atoms with van der Waals surface area (Å²) in [5.41, 5.74) is 3.11. The molecule has 150 valence electrons. The third-order valence-corrected chi connectivity index (χ3v) is 4.63. The Hall–Kier alpha value is -3.20. The summed E-state index contributed by atoms with van der Waals surface area (Å²) in [6.07, 6.45) is -0.758. The minimum absolute atomic E-state index is 0.0781. The highest BCUT2D eigenvalue weighted by Crippen LogP contribution is 2.30. The Morgan fingerprint density at radius 1 is 1.25 bits per heavy atom. The van der Waals surface area contributed by atoms with E-state index in [4.69, 9.17) is 4.74 Å². The number of aliphatic hydroxyl groups excluding tert-OH is 1. The van der Waals surface area contributed by atoms with Crippen LogP contribution in [0, 0.1) is 37.8 Å². The molecule has 1 heterocycles. The molecule has 9 heteroatoms. The number of hydrogen-bond acceptors (Lipinski definition) is 6. The second-order valence-corrected chi connectivity index (χ2v) is 6.62. The van der Waals surface area contributed by atoms with Crippen molar-refractivity contribution in [3.63, 3.8) is 0 Å². The lowest BCUT2D eigenvalue weighted by Crippen LogP contribution is -2.22. The first-order valence-corrected chi connectivity index (χ1v) is 8.63. The number of nitrogens with one attached hydrogen (secondary N) is 2. The van der Waals surface area contributed by atoms with E-state index in [2.05, 4.69) is 10.3 Å². The molecule has 1 aromatic heterocycles. The number of aryl methyl sites for hydroxylation is 2. The Labute approximate surface area is 161 Å². The summed E-state index contributed by atoms with van der Waals surface area (Å²) in [6, 6.07) is 2.91. The molecule has 3 N–H and O–H groups in total. The first-order valence-electron chi connectivity index (χ1n) is 8.63. The summed E-state index contributed by atoms with van der Waals surface area (Å²) in [5.74, 6) is -1.44. The number of esters is 1. The van der Waals surface area contributed by atoms with E-state index in [0.717, 1.165) is 5.56 Å². The normalized spacial score (nSPS) is 11.8. The maximum absolute atomic E-state index is 12.3. The van der Waals surface area contributed by atoms with Crippen LogP contribution in [0.2, 0.25) is 0 Å². The highest BCUT2D eigenvalue weighted by molar-refractivity contribution is 5.97. The number of amides is 1. The van der Waals surface area contributed by atoms with Gasteiger partial charge in [-0.3, -0.25) is 14.9 Å². The smallest absolute Gasteiger partial charge is 0.355 e. The number of nitrogens with zero attached hydrogens (tertiary/aromatic N) is 1. The fourth-order valence-corrected chi connectivity index (χ4v) is 3.09. The van der Waals surface area contributed by atoms with Crippen LogP contribution in [0.4, 0.5) is 11.4 Å². The maximum Gasteiger partial charge on any atom is 0.355 e. The van der Waals surface area contributed by atoms with Crippen LogP contribution in [0.15, 0.2) is 12.1 Å². The second kappa shape index (κ2) is 8.22. The quantitative estimate of drug-likeness (QED) is 0.395. The largest absolute Gasteiger partial charge is 0.451 e. The highest BCUT2D eigenvalue weighted by Gasteiger charge is 2.23. The lowest BCUT2D eigenvalue weighted by molar-refractivity contribution is -0.384. The van der Waals surface area contributed by atoms with Gasteiger partial charge in [-0.15, -0.1) is 0 Å². The first kappa shape index (κ1) is 21.1. The minimum Gasteiger partial charge on any atom is -0.451 e. The number of aromatic nitrogens is 1. The van der Waals surface area contributed by atoms with E-state index < -0.39 is 29.5 Å². The lowest BCUT2D eigenvalue weighted by Gasteiger charge is -2.11. The van der Waals surface area contributed by atoms with Gasteiger partial charge in [-0.25, -0.2) is 4.79 Å². The summed E-state index contributed by atoms with van der Waals surface area (Å²) in [5, 5.41) is 23.4. The Morgan fingerprint density at radius 2 is 1.89 bits per heavy atom. The number of ether oxygens (including phenoxy) is 1. The summed E-state index contributed by atoms with van der Waals surface area (Å²) < 4.78 is 5.03. The summed E-state index contributed by atoms with van der Waals surface area (Å²) in [4.78, 5) is 37.9. The number of nitro benzene ring substituents is 1. The maximum atomic E-state index is 12.3. The van der Waals surface area contributed by atoms with E-state index >= 15 is 0 Å². The molecule has 0 aliphatic heterocycles. The Kier molecular flexibility index (Phi) is 6.19. The number of aliphatic hydroxyl groups is 1. The molecule has 0 radical (unpaired) electrons. The summed E-state index contributed by atoms with van der Waals surface area (Å²) in [6.45, 7) is 7.80. The van der Waals surface area contributed by atoms with Crippen molar-refractivity contribution in [1.29, 1.82) is 0 Å². The van der Waals surface area contributed by atoms with E-state index in [-0.39, 0.29) is 17.1 Å². The molecule has 0 aliphatic rings. The number of H-pyrrole nitrogens is 1. The van der Waals surface area contributed by atoms with Crippen molar-refractivity contribution in [3.05, 3.63) is 55.9 Å². The number of hydrogen-bond donors (Lipinski definition) is 3. The molecule has 0 saturated heterocycles. The lowest BCUT2D eigenvalue weighted by atomic mass is 10.1. The van der Waals surface area contributed by atoms with Crippen molar-refractivity contribution in [1.82, 2.24) is 4.98 Å². The van der Waals surface area contributed by atoms with Crippen LogP contribution in [0.5, 0.6) is 0 Å². The van der Waals surface area contributed by atoms with E-state index in [1.54, 1.807) is 40.7 Å². The summed E-state index contributed by atoms with van der Waals surface area (Å²) >= 11 is 0. The zero-order valence-electron chi connectivity index (χ0n) is 16.4. The molecule has 0 saturated carbocycles. The predicted molar refractivity (Wildman–Crippen MR) is 102 cm³/mol. The number of aromatic amines is 1. The Bertz CT molecular complexity index is 946. The molecule has 0 bridgehead atoms.